The lowest BCUT2D eigenvalue weighted by Gasteiger charge is -2.22. The van der Waals surface area contributed by atoms with Gasteiger partial charge < -0.3 is 30.3 Å². The van der Waals surface area contributed by atoms with Crippen LogP contribution in [0.4, 0.5) is 0 Å². The highest BCUT2D eigenvalue weighted by atomic mass is 16.4. The molecule has 12 heavy (non-hydrogen) atoms. The molecule has 0 aromatic rings. The van der Waals surface area contributed by atoms with Gasteiger partial charge in [0.2, 0.25) is 0 Å². The lowest BCUT2D eigenvalue weighted by molar-refractivity contribution is -0.136. The molecule has 72 valence electrons. The van der Waals surface area contributed by atoms with Gasteiger partial charge in [-0.05, 0) is 0 Å². The number of aldehydes is 1. The third-order valence-corrected chi connectivity index (χ3v) is 1.29. The first-order valence-corrected chi connectivity index (χ1v) is 3.20. The molecule has 0 saturated heterocycles. The smallest absolute Gasteiger partial charge is 0.151 e. The summed E-state index contributed by atoms with van der Waals surface area (Å²) in [6.07, 6.45) is -9.15. The highest BCUT2D eigenvalue weighted by Crippen LogP contribution is 2.02. The second-order valence-electron chi connectivity index (χ2n) is 2.20. The van der Waals surface area contributed by atoms with E-state index in [0.717, 1.165) is 0 Å². The van der Waals surface area contributed by atoms with E-state index >= 15 is 0 Å². The third kappa shape index (κ3) is 2.84. The predicted octanol–water partition coefficient (Wildman–Crippen LogP) is -3.38. The summed E-state index contributed by atoms with van der Waals surface area (Å²) in [4.78, 5) is 9.98. The first-order valence-electron chi connectivity index (χ1n) is 3.70. The van der Waals surface area contributed by atoms with Crippen LogP contribution >= 0.6 is 0 Å². The van der Waals surface area contributed by atoms with Gasteiger partial charge in [-0.1, -0.05) is 0 Å². The van der Waals surface area contributed by atoms with Gasteiger partial charge in [0.25, 0.3) is 0 Å². The van der Waals surface area contributed by atoms with Crippen LogP contribution in [0.2, 0.25) is 0 Å². The zero-order chi connectivity index (χ0) is 10.6. The average molecular weight is 181 g/mol. The summed E-state index contributed by atoms with van der Waals surface area (Å²) in [6.45, 7) is -0.895. The van der Waals surface area contributed by atoms with E-state index in [1.165, 1.54) is 0 Å². The largest absolute Gasteiger partial charge is 0.394 e. The first-order chi connectivity index (χ1) is 5.87. The molecule has 0 aliphatic carbocycles. The van der Waals surface area contributed by atoms with Crippen molar-refractivity contribution in [2.45, 2.75) is 24.4 Å². The summed E-state index contributed by atoms with van der Waals surface area (Å²) in [7, 11) is 0. The Morgan fingerprint density at radius 2 is 1.83 bits per heavy atom. The van der Waals surface area contributed by atoms with E-state index in [-0.39, 0.29) is 6.29 Å². The fourth-order valence-electron chi connectivity index (χ4n) is 0.542. The third-order valence-electron chi connectivity index (χ3n) is 1.29. The quantitative estimate of drug-likeness (QED) is 0.282. The van der Waals surface area contributed by atoms with Gasteiger partial charge in [0, 0.05) is 0 Å². The number of carbonyl (C=O) groups is 1. The van der Waals surface area contributed by atoms with Crippen molar-refractivity contribution in [2.75, 3.05) is 6.61 Å². The maximum absolute atomic E-state index is 9.98. The Bertz CT molecular complexity index is 173. The zero-order valence-corrected chi connectivity index (χ0v) is 6.16. The Hall–Kier alpha value is -0.530. The molecule has 6 nitrogen and oxygen atoms in total. The molecule has 0 aromatic carbocycles. The molecule has 0 spiro atoms. The molecule has 0 saturated carbocycles. The number of carbonyl (C=O) groups excluding carboxylic acids is 1. The highest BCUT2D eigenvalue weighted by molar-refractivity contribution is 5.56. The summed E-state index contributed by atoms with van der Waals surface area (Å²) < 4.78 is 6.93. The highest BCUT2D eigenvalue weighted by Gasteiger charge is 2.29. The van der Waals surface area contributed by atoms with Crippen LogP contribution in [0.1, 0.15) is 1.37 Å². The second-order valence-corrected chi connectivity index (χ2v) is 2.20. The van der Waals surface area contributed by atoms with E-state index < -0.39 is 31.0 Å². The first kappa shape index (κ1) is 9.56. The van der Waals surface area contributed by atoms with Crippen LogP contribution in [0.5, 0.6) is 0 Å². The van der Waals surface area contributed by atoms with Gasteiger partial charge in [-0.25, -0.2) is 0 Å². The Morgan fingerprint density at radius 3 is 2.17 bits per heavy atom. The molecule has 0 radical (unpaired) electrons. The number of aliphatic hydroxyl groups excluding tert-OH is 4. The van der Waals surface area contributed by atoms with Gasteiger partial charge >= 0.3 is 0 Å². The number of hydrogen-bond donors (Lipinski definition) is 5. The van der Waals surface area contributed by atoms with Crippen LogP contribution in [0, 0.1) is 0 Å². The molecule has 0 aromatic heterocycles. The predicted molar refractivity (Wildman–Crippen MR) is 37.2 cm³/mol. The number of aliphatic hydroxyl groups is 5. The zero-order valence-electron chi connectivity index (χ0n) is 7.16. The number of rotatable bonds is 5. The van der Waals surface area contributed by atoms with Gasteiger partial charge in [-0.3, -0.25) is 0 Å². The lowest BCUT2D eigenvalue weighted by atomic mass is 10.0. The van der Waals surface area contributed by atoms with Crippen molar-refractivity contribution in [2.24, 2.45) is 0 Å². The van der Waals surface area contributed by atoms with Gasteiger partial charge in [0.05, 0.1) is 7.98 Å². The Morgan fingerprint density at radius 1 is 1.33 bits per heavy atom. The van der Waals surface area contributed by atoms with E-state index in [0.29, 0.717) is 0 Å². The molecule has 0 amide bonds. The van der Waals surface area contributed by atoms with Crippen LogP contribution in [-0.4, -0.2) is 62.8 Å². The SMILES string of the molecule is [2H][C@](O)([C@H](O)C=O)[C@@H](O)[C@@H](O)CO. The van der Waals surface area contributed by atoms with Crippen molar-refractivity contribution in [3.8, 4) is 0 Å². The second kappa shape index (κ2) is 5.18. The van der Waals surface area contributed by atoms with E-state index in [2.05, 4.69) is 0 Å². The van der Waals surface area contributed by atoms with Crippen LogP contribution < -0.4 is 0 Å². The molecule has 4 atom stereocenters. The summed E-state index contributed by atoms with van der Waals surface area (Å²) in [5.41, 5.74) is 0. The molecular weight excluding hydrogens is 168 g/mol. The molecule has 0 heterocycles. The topological polar surface area (TPSA) is 118 Å². The fourth-order valence-corrected chi connectivity index (χ4v) is 0.542. The molecule has 0 rings (SSSR count). The van der Waals surface area contributed by atoms with E-state index in [9.17, 15) is 4.79 Å². The Labute approximate surface area is 70.1 Å². The van der Waals surface area contributed by atoms with Gasteiger partial charge in [-0.2, -0.15) is 0 Å². The summed E-state index contributed by atoms with van der Waals surface area (Å²) in [5, 5.41) is 43.9. The van der Waals surface area contributed by atoms with Crippen molar-refractivity contribution in [1.29, 1.82) is 0 Å². The van der Waals surface area contributed by atoms with Crippen LogP contribution in [-0.2, 0) is 4.79 Å². The monoisotopic (exact) mass is 181 g/mol. The Kier molecular flexibility index (Phi) is 4.12. The van der Waals surface area contributed by atoms with Crippen molar-refractivity contribution in [3.63, 3.8) is 0 Å². The number of hydrogen-bond acceptors (Lipinski definition) is 6. The van der Waals surface area contributed by atoms with Crippen LogP contribution in [0.3, 0.4) is 0 Å². The minimum absolute atomic E-state index is 0.152. The Balaban J connectivity index is 4.51. The van der Waals surface area contributed by atoms with Crippen molar-refractivity contribution >= 4 is 6.29 Å². The van der Waals surface area contributed by atoms with Crippen molar-refractivity contribution < 1.29 is 31.7 Å². The summed E-state index contributed by atoms with van der Waals surface area (Å²) in [6, 6.07) is 0. The van der Waals surface area contributed by atoms with E-state index in [1.807, 2.05) is 0 Å². The molecule has 0 unspecified atom stereocenters. The molecule has 0 bridgehead atoms. The molecule has 0 fully saturated rings. The van der Waals surface area contributed by atoms with Crippen molar-refractivity contribution in [3.05, 3.63) is 0 Å². The molecule has 6 heteroatoms. The van der Waals surface area contributed by atoms with E-state index in [4.69, 9.17) is 26.9 Å². The van der Waals surface area contributed by atoms with Crippen molar-refractivity contribution in [1.82, 2.24) is 0 Å². The van der Waals surface area contributed by atoms with E-state index in [1.54, 1.807) is 0 Å². The summed E-state index contributed by atoms with van der Waals surface area (Å²) in [5.74, 6) is 0. The molecule has 5 N–H and O–H groups in total. The maximum Gasteiger partial charge on any atom is 0.151 e. The molecule has 0 aliphatic heterocycles. The minimum atomic E-state index is -2.93. The summed E-state index contributed by atoms with van der Waals surface area (Å²) >= 11 is 0. The standard InChI is InChI=1S/C6H12O6/c7-1-3(9)5(11)6(12)4(10)2-8/h1,3-6,8-12H,2H2/t3-,4+,5+,6+/m1/s1/i5D. The maximum atomic E-state index is 9.98. The normalized spacial score (nSPS) is 24.9. The fraction of sp³-hybridized carbons (Fsp3) is 0.833. The lowest BCUT2D eigenvalue weighted by Crippen LogP contribution is -2.46. The van der Waals surface area contributed by atoms with Gasteiger partial charge in [0.15, 0.2) is 6.29 Å². The van der Waals surface area contributed by atoms with Gasteiger partial charge in [-0.15, -0.1) is 0 Å². The van der Waals surface area contributed by atoms with Crippen LogP contribution in [0.15, 0.2) is 0 Å². The van der Waals surface area contributed by atoms with Crippen LogP contribution in [0.25, 0.3) is 0 Å². The van der Waals surface area contributed by atoms with Gasteiger partial charge in [0.1, 0.15) is 24.4 Å². The average Bonchev–Trinajstić information content (AvgIpc) is 2.13. The molecule has 0 aliphatic rings. The minimum Gasteiger partial charge on any atom is -0.394 e. The molecular formula is C6H12O6.